The fraction of sp³-hybridized carbons (Fsp3) is 0.400. The number of anilines is 1. The van der Waals surface area contributed by atoms with Gasteiger partial charge in [0.2, 0.25) is 5.91 Å². The Labute approximate surface area is 182 Å². The lowest BCUT2D eigenvalue weighted by Gasteiger charge is -2.14. The number of aromatic nitrogens is 2. The van der Waals surface area contributed by atoms with Gasteiger partial charge in [-0.25, -0.2) is 9.78 Å². The first-order chi connectivity index (χ1) is 14.5. The molecule has 1 aromatic heterocycles. The van der Waals surface area contributed by atoms with Crippen molar-refractivity contribution >= 4 is 41.1 Å². The zero-order valence-corrected chi connectivity index (χ0v) is 18.4. The summed E-state index contributed by atoms with van der Waals surface area (Å²) in [6.07, 6.45) is 0.743. The quantitative estimate of drug-likeness (QED) is 0.354. The standard InChI is InChI=1S/C20H23N3O5S2/c1-3-28-19(26)13-6-4-5-7-14(13)21-16(24)12-30-20-22-15-8-11-29-17(15)18(25)23(20)9-10-27-2/h4-7H,3,8-12H2,1-2H3,(H,21,24). The highest BCUT2D eigenvalue weighted by Crippen LogP contribution is 2.28. The largest absolute Gasteiger partial charge is 0.462 e. The predicted molar refractivity (Wildman–Crippen MR) is 117 cm³/mol. The van der Waals surface area contributed by atoms with Gasteiger partial charge in [0, 0.05) is 19.3 Å². The summed E-state index contributed by atoms with van der Waals surface area (Å²) in [5, 5.41) is 3.24. The number of aryl methyl sites for hydroxylation is 1. The Kier molecular flexibility index (Phi) is 7.94. The molecule has 2 heterocycles. The van der Waals surface area contributed by atoms with Crippen molar-refractivity contribution in [2.75, 3.05) is 37.1 Å². The first-order valence-electron chi connectivity index (χ1n) is 9.49. The number of carbonyl (C=O) groups is 2. The van der Waals surface area contributed by atoms with Gasteiger partial charge in [0.1, 0.15) is 0 Å². The molecule has 0 saturated carbocycles. The number of carbonyl (C=O) groups excluding carboxylic acids is 2. The molecule has 1 N–H and O–H groups in total. The number of methoxy groups -OCH3 is 1. The van der Waals surface area contributed by atoms with Gasteiger partial charge in [-0.1, -0.05) is 23.9 Å². The Morgan fingerprint density at radius 2 is 2.13 bits per heavy atom. The number of esters is 1. The van der Waals surface area contributed by atoms with E-state index in [0.717, 1.165) is 17.9 Å². The Morgan fingerprint density at radius 1 is 1.33 bits per heavy atom. The van der Waals surface area contributed by atoms with Crippen molar-refractivity contribution in [3.05, 3.63) is 45.9 Å². The molecular formula is C20H23N3O5S2. The lowest BCUT2D eigenvalue weighted by atomic mass is 10.2. The molecule has 2 aromatic rings. The van der Waals surface area contributed by atoms with Crippen molar-refractivity contribution in [2.45, 2.75) is 29.9 Å². The molecule has 0 radical (unpaired) electrons. The number of benzene rings is 1. The highest BCUT2D eigenvalue weighted by atomic mass is 32.2. The van der Waals surface area contributed by atoms with Gasteiger partial charge in [0.25, 0.3) is 5.56 Å². The molecule has 1 aliphatic heterocycles. The molecule has 8 nitrogen and oxygen atoms in total. The topological polar surface area (TPSA) is 99.5 Å². The number of ether oxygens (including phenoxy) is 2. The maximum atomic E-state index is 12.8. The molecule has 0 fully saturated rings. The number of para-hydroxylation sites is 1. The van der Waals surface area contributed by atoms with Crippen molar-refractivity contribution in [1.82, 2.24) is 9.55 Å². The summed E-state index contributed by atoms with van der Waals surface area (Å²) in [6, 6.07) is 6.68. The van der Waals surface area contributed by atoms with Crippen LogP contribution in [0.1, 0.15) is 23.0 Å². The van der Waals surface area contributed by atoms with E-state index in [1.54, 1.807) is 42.9 Å². The van der Waals surface area contributed by atoms with Gasteiger partial charge in [-0.05, 0) is 19.1 Å². The molecule has 1 aromatic carbocycles. The number of hydrogen-bond acceptors (Lipinski definition) is 8. The monoisotopic (exact) mass is 449 g/mol. The molecule has 1 aliphatic rings. The molecule has 0 unspecified atom stereocenters. The van der Waals surface area contributed by atoms with Crippen molar-refractivity contribution < 1.29 is 19.1 Å². The molecule has 160 valence electrons. The van der Waals surface area contributed by atoms with Gasteiger partial charge >= 0.3 is 5.97 Å². The summed E-state index contributed by atoms with van der Waals surface area (Å²) in [6.45, 7) is 2.71. The number of fused-ring (bicyclic) bond motifs is 1. The summed E-state index contributed by atoms with van der Waals surface area (Å²) in [7, 11) is 1.57. The zero-order chi connectivity index (χ0) is 21.5. The van der Waals surface area contributed by atoms with Crippen LogP contribution in [-0.4, -0.2) is 53.3 Å². The molecule has 1 amide bonds. The Bertz CT molecular complexity index is 993. The van der Waals surface area contributed by atoms with E-state index in [-0.39, 0.29) is 23.8 Å². The minimum atomic E-state index is -0.493. The van der Waals surface area contributed by atoms with Gasteiger partial charge in [-0.15, -0.1) is 11.8 Å². The van der Waals surface area contributed by atoms with Crippen molar-refractivity contribution in [2.24, 2.45) is 0 Å². The SMILES string of the molecule is CCOC(=O)c1ccccc1NC(=O)CSc1nc2c(c(=O)n1CCOC)SCC2. The van der Waals surface area contributed by atoms with Crippen LogP contribution in [0.15, 0.2) is 39.1 Å². The number of hydrogen-bond donors (Lipinski definition) is 1. The molecule has 0 aliphatic carbocycles. The molecule has 0 spiro atoms. The van der Waals surface area contributed by atoms with E-state index in [1.165, 1.54) is 23.5 Å². The third-order valence-electron chi connectivity index (χ3n) is 4.30. The smallest absolute Gasteiger partial charge is 0.340 e. The van der Waals surface area contributed by atoms with Crippen LogP contribution in [0.2, 0.25) is 0 Å². The van der Waals surface area contributed by atoms with Gasteiger partial charge < -0.3 is 14.8 Å². The second-order valence-electron chi connectivity index (χ2n) is 6.32. The number of amides is 1. The number of thioether (sulfide) groups is 2. The predicted octanol–water partition coefficient (Wildman–Crippen LogP) is 2.45. The average molecular weight is 450 g/mol. The summed E-state index contributed by atoms with van der Waals surface area (Å²) >= 11 is 2.70. The van der Waals surface area contributed by atoms with Crippen LogP contribution in [0.25, 0.3) is 0 Å². The molecular weight excluding hydrogens is 426 g/mol. The third-order valence-corrected chi connectivity index (χ3v) is 6.38. The van der Waals surface area contributed by atoms with Crippen molar-refractivity contribution in [1.29, 1.82) is 0 Å². The Balaban J connectivity index is 1.73. The Hall–Kier alpha value is -2.30. The van der Waals surface area contributed by atoms with E-state index >= 15 is 0 Å². The minimum absolute atomic E-state index is 0.0442. The van der Waals surface area contributed by atoms with Crippen LogP contribution in [0.4, 0.5) is 5.69 Å². The summed E-state index contributed by atoms with van der Waals surface area (Å²) < 4.78 is 11.7. The highest BCUT2D eigenvalue weighted by Gasteiger charge is 2.22. The molecule has 0 atom stereocenters. The second kappa shape index (κ2) is 10.6. The molecule has 10 heteroatoms. The van der Waals surface area contributed by atoms with E-state index in [0.29, 0.717) is 34.5 Å². The fourth-order valence-electron chi connectivity index (χ4n) is 2.91. The van der Waals surface area contributed by atoms with E-state index in [4.69, 9.17) is 9.47 Å². The molecule has 3 rings (SSSR count). The second-order valence-corrected chi connectivity index (χ2v) is 8.37. The van der Waals surface area contributed by atoms with Gasteiger partial charge in [0.15, 0.2) is 5.16 Å². The first-order valence-corrected chi connectivity index (χ1v) is 11.5. The maximum Gasteiger partial charge on any atom is 0.340 e. The number of nitrogens with one attached hydrogen (secondary N) is 1. The first kappa shape index (κ1) is 22.4. The van der Waals surface area contributed by atoms with Crippen LogP contribution in [0, 0.1) is 0 Å². The van der Waals surface area contributed by atoms with Crippen LogP contribution in [-0.2, 0) is 27.2 Å². The average Bonchev–Trinajstić information content (AvgIpc) is 3.21. The summed E-state index contributed by atoms with van der Waals surface area (Å²) in [5.41, 5.74) is 1.38. The lowest BCUT2D eigenvalue weighted by molar-refractivity contribution is -0.113. The van der Waals surface area contributed by atoms with Crippen molar-refractivity contribution in [3.63, 3.8) is 0 Å². The Morgan fingerprint density at radius 3 is 2.90 bits per heavy atom. The zero-order valence-electron chi connectivity index (χ0n) is 16.8. The van der Waals surface area contributed by atoms with Crippen LogP contribution < -0.4 is 10.9 Å². The normalized spacial score (nSPS) is 12.5. The van der Waals surface area contributed by atoms with Crippen LogP contribution in [0.3, 0.4) is 0 Å². The maximum absolute atomic E-state index is 12.8. The van der Waals surface area contributed by atoms with E-state index < -0.39 is 5.97 Å². The fourth-order valence-corrected chi connectivity index (χ4v) is 4.79. The molecule has 30 heavy (non-hydrogen) atoms. The lowest BCUT2D eigenvalue weighted by Crippen LogP contribution is -2.27. The summed E-state index contributed by atoms with van der Waals surface area (Å²) in [5.74, 6) is 0.0790. The molecule has 0 saturated heterocycles. The minimum Gasteiger partial charge on any atom is -0.462 e. The van der Waals surface area contributed by atoms with Gasteiger partial charge in [0.05, 0.1) is 47.4 Å². The highest BCUT2D eigenvalue weighted by molar-refractivity contribution is 8.00. The van der Waals surface area contributed by atoms with E-state index in [9.17, 15) is 14.4 Å². The van der Waals surface area contributed by atoms with Crippen LogP contribution in [0.5, 0.6) is 0 Å². The molecule has 0 bridgehead atoms. The summed E-state index contributed by atoms with van der Waals surface area (Å²) in [4.78, 5) is 42.7. The van der Waals surface area contributed by atoms with Gasteiger partial charge in [-0.3, -0.25) is 14.2 Å². The third kappa shape index (κ3) is 5.24. The van der Waals surface area contributed by atoms with E-state index in [1.807, 2.05) is 0 Å². The van der Waals surface area contributed by atoms with E-state index in [2.05, 4.69) is 10.3 Å². The number of nitrogens with zero attached hydrogens (tertiary/aromatic N) is 2. The van der Waals surface area contributed by atoms with Crippen molar-refractivity contribution in [3.8, 4) is 0 Å². The van der Waals surface area contributed by atoms with Crippen LogP contribution >= 0.6 is 23.5 Å². The van der Waals surface area contributed by atoms with Gasteiger partial charge in [-0.2, -0.15) is 0 Å². The number of rotatable bonds is 9.